The molecule has 5 heteroatoms. The zero-order chi connectivity index (χ0) is 20.1. The Balaban J connectivity index is 1.38. The molecule has 2 aliphatic carbocycles. The van der Waals surface area contributed by atoms with Crippen molar-refractivity contribution in [2.24, 2.45) is 23.0 Å². The Bertz CT molecular complexity index is 751. The largest absolute Gasteiger partial charge is 0.380 e. The van der Waals surface area contributed by atoms with Crippen LogP contribution in [-0.2, 0) is 15.1 Å². The van der Waals surface area contributed by atoms with Gasteiger partial charge >= 0.3 is 0 Å². The zero-order valence-electron chi connectivity index (χ0n) is 17.6. The van der Waals surface area contributed by atoms with Crippen LogP contribution < -0.4 is 5.73 Å². The van der Waals surface area contributed by atoms with Crippen molar-refractivity contribution < 1.29 is 14.3 Å². The molecule has 2 saturated carbocycles. The molecule has 1 aromatic carbocycles. The summed E-state index contributed by atoms with van der Waals surface area (Å²) in [5, 5.41) is 0. The fourth-order valence-corrected chi connectivity index (χ4v) is 6.86. The summed E-state index contributed by atoms with van der Waals surface area (Å²) in [5.74, 6) is 0.564. The number of fused-ring (bicyclic) bond motifs is 2. The molecular formula is C24H34N2O3. The average Bonchev–Trinajstić information content (AvgIpc) is 2.71. The van der Waals surface area contributed by atoms with E-state index in [0.29, 0.717) is 28.9 Å². The lowest BCUT2D eigenvalue weighted by atomic mass is 9.61. The second-order valence-corrected chi connectivity index (χ2v) is 9.94. The summed E-state index contributed by atoms with van der Waals surface area (Å²) in [4.78, 5) is 14.6. The first-order valence-electron chi connectivity index (χ1n) is 11.3. The van der Waals surface area contributed by atoms with Crippen LogP contribution in [0.5, 0.6) is 0 Å². The number of primary amides is 1. The van der Waals surface area contributed by atoms with Crippen LogP contribution in [0.25, 0.3) is 0 Å². The van der Waals surface area contributed by atoms with Gasteiger partial charge in [-0.15, -0.1) is 0 Å². The molecule has 158 valence electrons. The van der Waals surface area contributed by atoms with Gasteiger partial charge < -0.3 is 15.2 Å². The van der Waals surface area contributed by atoms with Gasteiger partial charge in [0.2, 0.25) is 5.91 Å². The van der Waals surface area contributed by atoms with Crippen LogP contribution in [0.3, 0.4) is 0 Å². The molecule has 0 radical (unpaired) electrons. The van der Waals surface area contributed by atoms with Crippen LogP contribution >= 0.6 is 0 Å². The number of rotatable bonds is 4. The van der Waals surface area contributed by atoms with E-state index >= 15 is 0 Å². The van der Waals surface area contributed by atoms with Crippen LogP contribution in [0.4, 0.5) is 0 Å². The molecule has 4 fully saturated rings. The van der Waals surface area contributed by atoms with Gasteiger partial charge in [-0.1, -0.05) is 18.6 Å². The fourth-order valence-electron chi connectivity index (χ4n) is 6.86. The minimum Gasteiger partial charge on any atom is -0.380 e. The van der Waals surface area contributed by atoms with Gasteiger partial charge in [0.15, 0.2) is 0 Å². The third-order valence-electron chi connectivity index (χ3n) is 8.51. The third-order valence-corrected chi connectivity index (χ3v) is 8.51. The quantitative estimate of drug-likeness (QED) is 0.845. The highest BCUT2D eigenvalue weighted by Crippen LogP contribution is 2.53. The van der Waals surface area contributed by atoms with E-state index in [4.69, 9.17) is 15.2 Å². The van der Waals surface area contributed by atoms with E-state index in [9.17, 15) is 4.79 Å². The molecule has 0 aromatic heterocycles. The Labute approximate surface area is 173 Å². The predicted molar refractivity (Wildman–Crippen MR) is 112 cm³/mol. The number of likely N-dealkylation sites (tertiary alicyclic amines) is 1. The lowest BCUT2D eigenvalue weighted by Gasteiger charge is -2.58. The van der Waals surface area contributed by atoms with Gasteiger partial charge in [0.25, 0.3) is 0 Å². The Morgan fingerprint density at radius 3 is 2.38 bits per heavy atom. The van der Waals surface area contributed by atoms with E-state index in [1.807, 2.05) is 25.3 Å². The minimum atomic E-state index is -0.364. The first-order chi connectivity index (χ1) is 14.1. The summed E-state index contributed by atoms with van der Waals surface area (Å²) in [6.45, 7) is 4.15. The normalized spacial score (nSPS) is 34.7. The SMILES string of the molecule is CO[C@]1(c2cccc(C(N)=O)c2)[C@@H]2CCC[C@H]1CN(C1CCC3(CC1)COC3)C2. The lowest BCUT2D eigenvalue weighted by Crippen LogP contribution is -2.61. The number of nitrogens with two attached hydrogens (primary N) is 1. The maximum atomic E-state index is 11.8. The van der Waals surface area contributed by atoms with Gasteiger partial charge in [-0.05, 0) is 56.2 Å². The molecule has 5 nitrogen and oxygen atoms in total. The number of piperidine rings is 1. The van der Waals surface area contributed by atoms with E-state index in [0.717, 1.165) is 31.9 Å². The van der Waals surface area contributed by atoms with E-state index in [-0.39, 0.29) is 11.5 Å². The lowest BCUT2D eigenvalue weighted by molar-refractivity contribution is -0.182. The van der Waals surface area contributed by atoms with Crippen molar-refractivity contribution in [3.05, 3.63) is 35.4 Å². The molecule has 2 bridgehead atoms. The van der Waals surface area contributed by atoms with Crippen molar-refractivity contribution in [1.82, 2.24) is 4.90 Å². The summed E-state index contributed by atoms with van der Waals surface area (Å²) < 4.78 is 11.9. The molecule has 1 amide bonds. The van der Waals surface area contributed by atoms with Gasteiger partial charge in [0, 0.05) is 49.1 Å². The third kappa shape index (κ3) is 3.13. The van der Waals surface area contributed by atoms with Crippen LogP contribution in [0.1, 0.15) is 60.9 Å². The van der Waals surface area contributed by atoms with Crippen molar-refractivity contribution in [3.63, 3.8) is 0 Å². The number of hydrogen-bond donors (Lipinski definition) is 1. The molecule has 5 rings (SSSR count). The van der Waals surface area contributed by atoms with E-state index in [1.54, 1.807) is 0 Å². The first-order valence-corrected chi connectivity index (χ1v) is 11.3. The van der Waals surface area contributed by atoms with Crippen LogP contribution in [0, 0.1) is 17.3 Å². The second-order valence-electron chi connectivity index (χ2n) is 9.94. The monoisotopic (exact) mass is 398 g/mol. The van der Waals surface area contributed by atoms with Crippen molar-refractivity contribution in [1.29, 1.82) is 0 Å². The fraction of sp³-hybridized carbons (Fsp3) is 0.708. The number of nitrogens with zero attached hydrogens (tertiary/aromatic N) is 1. The van der Waals surface area contributed by atoms with Gasteiger partial charge in [0.1, 0.15) is 5.60 Å². The van der Waals surface area contributed by atoms with Gasteiger partial charge in [-0.25, -0.2) is 0 Å². The van der Waals surface area contributed by atoms with Gasteiger partial charge in [-0.3, -0.25) is 9.69 Å². The smallest absolute Gasteiger partial charge is 0.248 e. The minimum absolute atomic E-state index is 0.294. The molecular weight excluding hydrogens is 364 g/mol. The van der Waals surface area contributed by atoms with Crippen molar-refractivity contribution in [3.8, 4) is 0 Å². The second kappa shape index (κ2) is 7.36. The van der Waals surface area contributed by atoms with Crippen LogP contribution in [-0.4, -0.2) is 50.3 Å². The number of benzene rings is 1. The van der Waals surface area contributed by atoms with Gasteiger partial charge in [-0.2, -0.15) is 0 Å². The topological polar surface area (TPSA) is 64.8 Å². The molecule has 0 unspecified atom stereocenters. The number of carbonyl (C=O) groups excluding carboxylic acids is 1. The molecule has 1 aromatic rings. The Morgan fingerprint density at radius 2 is 1.83 bits per heavy atom. The van der Waals surface area contributed by atoms with Crippen molar-refractivity contribution in [2.45, 2.75) is 56.6 Å². The standard InChI is InChI=1S/C24H34N2O3/c1-28-24(18-5-2-4-17(12-18)22(25)27)19-6-3-7-20(24)14-26(13-19)21-8-10-23(11-9-21)15-29-16-23/h2,4-5,12,19-21H,3,6-11,13-16H2,1H3,(H2,25,27)/t19-,20+,24-. The zero-order valence-corrected chi connectivity index (χ0v) is 17.6. The maximum absolute atomic E-state index is 11.8. The molecule has 1 spiro atoms. The summed E-state index contributed by atoms with van der Waals surface area (Å²) in [5.41, 5.74) is 7.51. The molecule has 2 saturated heterocycles. The molecule has 2 aliphatic heterocycles. The average molecular weight is 399 g/mol. The highest BCUT2D eigenvalue weighted by molar-refractivity contribution is 5.92. The first kappa shape index (κ1) is 19.5. The summed E-state index contributed by atoms with van der Waals surface area (Å²) >= 11 is 0. The number of ether oxygens (including phenoxy) is 2. The number of hydrogen-bond acceptors (Lipinski definition) is 4. The molecule has 2 heterocycles. The molecule has 4 aliphatic rings. The Kier molecular flexibility index (Phi) is 4.96. The number of methoxy groups -OCH3 is 1. The van der Waals surface area contributed by atoms with Crippen LogP contribution in [0.15, 0.2) is 24.3 Å². The van der Waals surface area contributed by atoms with E-state index in [1.165, 1.54) is 44.9 Å². The van der Waals surface area contributed by atoms with E-state index in [2.05, 4.69) is 11.0 Å². The van der Waals surface area contributed by atoms with Crippen molar-refractivity contribution >= 4 is 5.91 Å². The maximum Gasteiger partial charge on any atom is 0.248 e. The Hall–Kier alpha value is -1.43. The molecule has 3 atom stereocenters. The number of amides is 1. The van der Waals surface area contributed by atoms with E-state index < -0.39 is 0 Å². The summed E-state index contributed by atoms with van der Waals surface area (Å²) in [6, 6.07) is 8.59. The summed E-state index contributed by atoms with van der Waals surface area (Å²) in [6.07, 6.45) is 8.90. The summed E-state index contributed by atoms with van der Waals surface area (Å²) in [7, 11) is 1.86. The predicted octanol–water partition coefficient (Wildman–Crippen LogP) is 3.32. The highest BCUT2D eigenvalue weighted by atomic mass is 16.5. The highest BCUT2D eigenvalue weighted by Gasteiger charge is 2.54. The Morgan fingerprint density at radius 1 is 1.14 bits per heavy atom. The van der Waals surface area contributed by atoms with Crippen molar-refractivity contribution in [2.75, 3.05) is 33.4 Å². The molecule has 2 N–H and O–H groups in total. The molecule has 29 heavy (non-hydrogen) atoms. The number of carbonyl (C=O) groups is 1. The van der Waals surface area contributed by atoms with Gasteiger partial charge in [0.05, 0.1) is 13.2 Å². The van der Waals surface area contributed by atoms with Crippen LogP contribution in [0.2, 0.25) is 0 Å².